The predicted molar refractivity (Wildman–Crippen MR) is 139 cm³/mol. The van der Waals surface area contributed by atoms with Gasteiger partial charge in [0, 0.05) is 31.4 Å². The van der Waals surface area contributed by atoms with Gasteiger partial charge in [0.05, 0.1) is 6.54 Å². The molecule has 0 saturated heterocycles. The second-order valence-corrected chi connectivity index (χ2v) is 9.24. The number of carbonyl (C=O) groups is 1. The highest BCUT2D eigenvalue weighted by Gasteiger charge is 2.27. The van der Waals surface area contributed by atoms with Crippen molar-refractivity contribution in [1.82, 2.24) is 0 Å². The van der Waals surface area contributed by atoms with Gasteiger partial charge in [-0.3, -0.25) is 4.79 Å². The molecule has 0 unspecified atom stereocenters. The van der Waals surface area contributed by atoms with Crippen LogP contribution in [0.15, 0.2) is 72.8 Å². The first kappa shape index (κ1) is 22.2. The van der Waals surface area contributed by atoms with Crippen molar-refractivity contribution in [3.63, 3.8) is 0 Å². The average Bonchev–Trinajstić information content (AvgIpc) is 2.83. The van der Waals surface area contributed by atoms with Gasteiger partial charge in [-0.1, -0.05) is 73.3 Å². The number of anilines is 2. The Bertz CT molecular complexity index is 1040. The molecule has 4 rings (SSSR count). The number of carbonyl (C=O) groups excluding carboxylic acids is 1. The van der Waals surface area contributed by atoms with Crippen molar-refractivity contribution in [2.45, 2.75) is 38.6 Å². The summed E-state index contributed by atoms with van der Waals surface area (Å²) in [5.74, 6) is 0.428. The summed E-state index contributed by atoms with van der Waals surface area (Å²) in [5, 5.41) is 0. The second kappa shape index (κ2) is 10.1. The van der Waals surface area contributed by atoms with Gasteiger partial charge in [0.2, 0.25) is 5.91 Å². The molecule has 0 bridgehead atoms. The molecule has 0 atom stereocenters. The molecule has 0 radical (unpaired) electrons. The van der Waals surface area contributed by atoms with Crippen LogP contribution in [0.5, 0.6) is 0 Å². The molecular formula is C28H33BN2O. The number of benzene rings is 3. The minimum Gasteiger partial charge on any atom is -0.378 e. The lowest BCUT2D eigenvalue weighted by molar-refractivity contribution is -0.123. The van der Waals surface area contributed by atoms with E-state index in [0.717, 1.165) is 24.1 Å². The van der Waals surface area contributed by atoms with Gasteiger partial charge in [-0.05, 0) is 53.8 Å². The van der Waals surface area contributed by atoms with Gasteiger partial charge in [0.15, 0.2) is 0 Å². The summed E-state index contributed by atoms with van der Waals surface area (Å²) in [6.45, 7) is 0.610. The van der Waals surface area contributed by atoms with E-state index in [1.54, 1.807) is 0 Å². The minimum absolute atomic E-state index is 0.152. The van der Waals surface area contributed by atoms with Gasteiger partial charge >= 0.3 is 0 Å². The predicted octanol–water partition coefficient (Wildman–Crippen LogP) is 4.79. The van der Waals surface area contributed by atoms with Crippen LogP contribution in [0.3, 0.4) is 0 Å². The van der Waals surface area contributed by atoms with Crippen molar-refractivity contribution < 1.29 is 4.79 Å². The molecule has 164 valence electrons. The van der Waals surface area contributed by atoms with Crippen molar-refractivity contribution >= 4 is 30.6 Å². The zero-order valence-electron chi connectivity index (χ0n) is 19.6. The van der Waals surface area contributed by atoms with Crippen molar-refractivity contribution in [2.24, 2.45) is 5.92 Å². The summed E-state index contributed by atoms with van der Waals surface area (Å²) in [6.07, 6.45) is 5.62. The maximum Gasteiger partial charge on any atom is 0.230 e. The Balaban J connectivity index is 1.55. The van der Waals surface area contributed by atoms with Gasteiger partial charge in [-0.15, -0.1) is 0 Å². The fourth-order valence-corrected chi connectivity index (χ4v) is 4.60. The lowest BCUT2D eigenvalue weighted by atomic mass is 9.87. The molecule has 1 aliphatic rings. The number of nitrogens with zero attached hydrogens (tertiary/aromatic N) is 2. The van der Waals surface area contributed by atoms with Crippen molar-refractivity contribution in [1.29, 1.82) is 0 Å². The van der Waals surface area contributed by atoms with Crippen molar-refractivity contribution in [3.05, 3.63) is 78.4 Å². The summed E-state index contributed by atoms with van der Waals surface area (Å²) in [7, 11) is 6.19. The van der Waals surface area contributed by atoms with Crippen LogP contribution < -0.4 is 15.3 Å². The molecule has 0 N–H and O–H groups in total. The lowest BCUT2D eigenvalue weighted by Crippen LogP contribution is -2.37. The molecular weight excluding hydrogens is 391 g/mol. The monoisotopic (exact) mass is 424 g/mol. The standard InChI is InChI=1S/C28H33BN2O/c1-30(2)26-17-15-23(16-18-26)22-13-11-21(12-14-22)20-31(27-10-6-9-25(29)19-27)28(32)24-7-4-3-5-8-24/h6,9-19,24H,3-5,7-8,20,29H2,1-2H3. The Morgan fingerprint density at radius 2 is 1.47 bits per heavy atom. The topological polar surface area (TPSA) is 23.6 Å². The normalized spacial score (nSPS) is 14.2. The van der Waals surface area contributed by atoms with E-state index in [-0.39, 0.29) is 11.8 Å². The molecule has 1 amide bonds. The summed E-state index contributed by atoms with van der Waals surface area (Å²) in [4.78, 5) is 17.6. The van der Waals surface area contributed by atoms with Crippen LogP contribution in [0.1, 0.15) is 37.7 Å². The third kappa shape index (κ3) is 5.24. The van der Waals surface area contributed by atoms with Crippen LogP contribution in [0.25, 0.3) is 11.1 Å². The molecule has 0 aliphatic heterocycles. The Labute approximate surface area is 193 Å². The number of amides is 1. The van der Waals surface area contributed by atoms with E-state index in [0.29, 0.717) is 6.54 Å². The van der Waals surface area contributed by atoms with Gasteiger partial charge in [-0.25, -0.2) is 0 Å². The number of hydrogen-bond donors (Lipinski definition) is 0. The largest absolute Gasteiger partial charge is 0.378 e. The number of hydrogen-bond acceptors (Lipinski definition) is 2. The smallest absolute Gasteiger partial charge is 0.230 e. The molecule has 0 spiro atoms. The van der Waals surface area contributed by atoms with E-state index in [1.165, 1.54) is 41.5 Å². The van der Waals surface area contributed by atoms with Crippen LogP contribution in [0.2, 0.25) is 0 Å². The average molecular weight is 424 g/mol. The molecule has 1 aliphatic carbocycles. The fraction of sp³-hybridized carbons (Fsp3) is 0.321. The van der Waals surface area contributed by atoms with E-state index in [4.69, 9.17) is 0 Å². The van der Waals surface area contributed by atoms with Crippen LogP contribution in [0, 0.1) is 5.92 Å². The zero-order chi connectivity index (χ0) is 22.5. The van der Waals surface area contributed by atoms with E-state index in [2.05, 4.69) is 93.6 Å². The molecule has 3 aromatic carbocycles. The van der Waals surface area contributed by atoms with Crippen LogP contribution >= 0.6 is 0 Å². The first-order chi connectivity index (χ1) is 15.5. The Hall–Kier alpha value is -3.01. The van der Waals surface area contributed by atoms with Crippen LogP contribution in [0.4, 0.5) is 11.4 Å². The third-order valence-corrected chi connectivity index (χ3v) is 6.55. The molecule has 3 aromatic rings. The molecule has 1 fully saturated rings. The highest BCUT2D eigenvalue weighted by atomic mass is 16.2. The molecule has 0 heterocycles. The minimum atomic E-state index is 0.152. The third-order valence-electron chi connectivity index (χ3n) is 6.55. The summed E-state index contributed by atoms with van der Waals surface area (Å²) in [5.41, 5.74) is 6.94. The summed E-state index contributed by atoms with van der Waals surface area (Å²) in [6, 6.07) is 25.6. The highest BCUT2D eigenvalue weighted by molar-refractivity contribution is 6.32. The molecule has 4 heteroatoms. The maximum atomic E-state index is 13.5. The Morgan fingerprint density at radius 1 is 0.844 bits per heavy atom. The maximum absolute atomic E-state index is 13.5. The Kier molecular flexibility index (Phi) is 6.99. The SMILES string of the molecule is Bc1cccc(N(Cc2ccc(-c3ccc(N(C)C)cc3)cc2)C(=O)C2CCCCC2)c1. The van der Waals surface area contributed by atoms with Crippen LogP contribution in [-0.4, -0.2) is 27.8 Å². The first-order valence-corrected chi connectivity index (χ1v) is 11.8. The van der Waals surface area contributed by atoms with Gasteiger partial charge in [-0.2, -0.15) is 0 Å². The quantitative estimate of drug-likeness (QED) is 0.531. The highest BCUT2D eigenvalue weighted by Crippen LogP contribution is 2.29. The fourth-order valence-electron chi connectivity index (χ4n) is 4.60. The van der Waals surface area contributed by atoms with E-state index >= 15 is 0 Å². The van der Waals surface area contributed by atoms with E-state index < -0.39 is 0 Å². The van der Waals surface area contributed by atoms with Crippen molar-refractivity contribution in [3.8, 4) is 11.1 Å². The molecule has 3 nitrogen and oxygen atoms in total. The zero-order valence-corrected chi connectivity index (χ0v) is 19.6. The summed E-state index contributed by atoms with van der Waals surface area (Å²) >= 11 is 0. The van der Waals surface area contributed by atoms with E-state index in [9.17, 15) is 4.79 Å². The Morgan fingerprint density at radius 3 is 2.06 bits per heavy atom. The molecule has 32 heavy (non-hydrogen) atoms. The molecule has 1 saturated carbocycles. The van der Waals surface area contributed by atoms with Gasteiger partial charge in [0.25, 0.3) is 0 Å². The lowest BCUT2D eigenvalue weighted by Gasteiger charge is -2.30. The first-order valence-electron chi connectivity index (χ1n) is 11.8. The second-order valence-electron chi connectivity index (χ2n) is 9.24. The van der Waals surface area contributed by atoms with Crippen molar-refractivity contribution in [2.75, 3.05) is 23.9 Å². The molecule has 0 aromatic heterocycles. The van der Waals surface area contributed by atoms with Gasteiger partial charge < -0.3 is 9.80 Å². The summed E-state index contributed by atoms with van der Waals surface area (Å²) < 4.78 is 0. The number of rotatable bonds is 6. The van der Waals surface area contributed by atoms with E-state index in [1.807, 2.05) is 11.0 Å². The van der Waals surface area contributed by atoms with Gasteiger partial charge in [0.1, 0.15) is 7.85 Å². The van der Waals surface area contributed by atoms with Crippen LogP contribution in [-0.2, 0) is 11.3 Å².